The van der Waals surface area contributed by atoms with Gasteiger partial charge in [-0.15, -0.1) is 0 Å². The fourth-order valence-electron chi connectivity index (χ4n) is 3.64. The molecular formula is C28H32O3. The van der Waals surface area contributed by atoms with Crippen molar-refractivity contribution >= 4 is 5.97 Å². The molecule has 3 nitrogen and oxygen atoms in total. The molecule has 0 radical (unpaired) electrons. The Balaban J connectivity index is 1.97. The zero-order chi connectivity index (χ0) is 22.8. The summed E-state index contributed by atoms with van der Waals surface area (Å²) in [5, 5.41) is 10.0. The molecule has 3 heteroatoms. The lowest BCUT2D eigenvalue weighted by molar-refractivity contribution is -0.145. The fourth-order valence-corrected chi connectivity index (χ4v) is 3.64. The van der Waals surface area contributed by atoms with Crippen LogP contribution in [0.2, 0.25) is 0 Å². The molecule has 3 aromatic rings. The summed E-state index contributed by atoms with van der Waals surface area (Å²) in [7, 11) is 0. The summed E-state index contributed by atoms with van der Waals surface area (Å²) in [6.07, 6.45) is -1.08. The van der Waals surface area contributed by atoms with Gasteiger partial charge in [-0.2, -0.15) is 0 Å². The Bertz CT molecular complexity index is 1040. The van der Waals surface area contributed by atoms with Crippen molar-refractivity contribution in [1.82, 2.24) is 0 Å². The van der Waals surface area contributed by atoms with Crippen molar-refractivity contribution in [2.75, 3.05) is 0 Å². The van der Waals surface area contributed by atoms with Gasteiger partial charge in [0.1, 0.15) is 5.75 Å². The second kappa shape index (κ2) is 8.58. The molecule has 1 N–H and O–H groups in total. The van der Waals surface area contributed by atoms with Crippen LogP contribution in [0.4, 0.5) is 0 Å². The lowest BCUT2D eigenvalue weighted by atomic mass is 9.77. The summed E-state index contributed by atoms with van der Waals surface area (Å²) >= 11 is 0. The van der Waals surface area contributed by atoms with Crippen molar-refractivity contribution in [3.63, 3.8) is 0 Å². The van der Waals surface area contributed by atoms with E-state index in [1.165, 1.54) is 5.56 Å². The molecule has 0 saturated heterocycles. The molecule has 3 aromatic carbocycles. The first-order chi connectivity index (χ1) is 14.5. The molecule has 0 aliphatic carbocycles. The normalized spacial score (nSPS) is 13.0. The van der Waals surface area contributed by atoms with Crippen LogP contribution in [-0.4, -0.2) is 11.1 Å². The van der Waals surface area contributed by atoms with Gasteiger partial charge in [0.25, 0.3) is 0 Å². The van der Waals surface area contributed by atoms with Gasteiger partial charge in [0, 0.05) is 5.56 Å². The highest BCUT2D eigenvalue weighted by Crippen LogP contribution is 2.36. The Labute approximate surface area is 185 Å². The molecule has 0 heterocycles. The lowest BCUT2D eigenvalue weighted by Gasteiger charge is -2.29. The Morgan fingerprint density at radius 3 is 1.87 bits per heavy atom. The van der Waals surface area contributed by atoms with Crippen LogP contribution in [0.3, 0.4) is 0 Å². The molecule has 31 heavy (non-hydrogen) atoms. The first kappa shape index (κ1) is 22.6. The van der Waals surface area contributed by atoms with Crippen molar-refractivity contribution in [1.29, 1.82) is 0 Å². The van der Waals surface area contributed by atoms with E-state index >= 15 is 0 Å². The van der Waals surface area contributed by atoms with E-state index in [1.54, 1.807) is 0 Å². The van der Waals surface area contributed by atoms with E-state index < -0.39 is 12.1 Å². The Morgan fingerprint density at radius 1 is 0.774 bits per heavy atom. The second-order valence-electron chi connectivity index (χ2n) is 10.0. The van der Waals surface area contributed by atoms with Gasteiger partial charge in [0.2, 0.25) is 6.10 Å². The number of carbonyl (C=O) groups is 1. The Morgan fingerprint density at radius 2 is 1.35 bits per heavy atom. The maximum absolute atomic E-state index is 12.2. The SMILES string of the molecule is CC(C)(C)c1ccc([C@H](Oc2ccc(-c3ccccc3)cc2)C(=O)O)c(C(C)(C)C)c1. The van der Waals surface area contributed by atoms with Crippen LogP contribution < -0.4 is 4.74 Å². The molecule has 162 valence electrons. The number of carboxylic acid groups (broad SMARTS) is 1. The summed E-state index contributed by atoms with van der Waals surface area (Å²) in [5.74, 6) is -0.465. The van der Waals surface area contributed by atoms with E-state index in [9.17, 15) is 9.90 Å². The van der Waals surface area contributed by atoms with E-state index in [4.69, 9.17) is 4.74 Å². The zero-order valence-electron chi connectivity index (χ0n) is 19.3. The van der Waals surface area contributed by atoms with E-state index in [1.807, 2.05) is 66.7 Å². The Hall–Kier alpha value is -3.07. The molecule has 0 unspecified atom stereocenters. The summed E-state index contributed by atoms with van der Waals surface area (Å²) < 4.78 is 6.01. The highest BCUT2D eigenvalue weighted by atomic mass is 16.5. The third kappa shape index (κ3) is 5.35. The highest BCUT2D eigenvalue weighted by molar-refractivity contribution is 5.76. The maximum Gasteiger partial charge on any atom is 0.349 e. The smallest absolute Gasteiger partial charge is 0.349 e. The van der Waals surface area contributed by atoms with Crippen molar-refractivity contribution in [2.24, 2.45) is 0 Å². The largest absolute Gasteiger partial charge is 0.478 e. The maximum atomic E-state index is 12.2. The fraction of sp³-hybridized carbons (Fsp3) is 0.321. The van der Waals surface area contributed by atoms with Gasteiger partial charge in [-0.05, 0) is 45.2 Å². The van der Waals surface area contributed by atoms with Crippen molar-refractivity contribution in [3.05, 3.63) is 89.5 Å². The van der Waals surface area contributed by atoms with Crippen LogP contribution in [-0.2, 0) is 15.6 Å². The van der Waals surface area contributed by atoms with Crippen LogP contribution in [0.25, 0.3) is 11.1 Å². The predicted molar refractivity (Wildman–Crippen MR) is 127 cm³/mol. The monoisotopic (exact) mass is 416 g/mol. The first-order valence-electron chi connectivity index (χ1n) is 10.7. The molecule has 0 aliphatic rings. The Kier molecular flexibility index (Phi) is 6.26. The minimum Gasteiger partial charge on any atom is -0.478 e. The van der Waals surface area contributed by atoms with Crippen LogP contribution in [0.1, 0.15) is 64.3 Å². The number of rotatable bonds is 5. The minimum atomic E-state index is -1.08. The van der Waals surface area contributed by atoms with Gasteiger partial charge in [-0.1, -0.05) is 102 Å². The predicted octanol–water partition coefficient (Wildman–Crippen LogP) is 7.15. The second-order valence-corrected chi connectivity index (χ2v) is 10.0. The molecule has 0 amide bonds. The van der Waals surface area contributed by atoms with Crippen molar-refractivity contribution < 1.29 is 14.6 Å². The molecule has 0 spiro atoms. The number of ether oxygens (including phenoxy) is 1. The average Bonchev–Trinajstić information content (AvgIpc) is 2.71. The number of carboxylic acids is 1. The molecule has 0 bridgehead atoms. The molecule has 0 saturated carbocycles. The summed E-state index contributed by atoms with van der Waals surface area (Å²) in [6, 6.07) is 23.7. The molecule has 1 atom stereocenters. The van der Waals surface area contributed by atoms with E-state index in [0.717, 1.165) is 16.7 Å². The van der Waals surface area contributed by atoms with Gasteiger partial charge in [-0.3, -0.25) is 0 Å². The van der Waals surface area contributed by atoms with Gasteiger partial charge in [0.05, 0.1) is 0 Å². The zero-order valence-corrected chi connectivity index (χ0v) is 19.3. The quantitative estimate of drug-likeness (QED) is 0.480. The number of benzene rings is 3. The molecular weight excluding hydrogens is 384 g/mol. The minimum absolute atomic E-state index is 0.0224. The topological polar surface area (TPSA) is 46.5 Å². The summed E-state index contributed by atoms with van der Waals surface area (Å²) in [5.41, 5.74) is 4.79. The third-order valence-electron chi connectivity index (χ3n) is 5.45. The van der Waals surface area contributed by atoms with E-state index in [2.05, 4.69) is 47.6 Å². The van der Waals surface area contributed by atoms with Crippen LogP contribution in [0, 0.1) is 0 Å². The van der Waals surface area contributed by atoms with Crippen molar-refractivity contribution in [2.45, 2.75) is 58.5 Å². The van der Waals surface area contributed by atoms with Gasteiger partial charge >= 0.3 is 5.97 Å². The van der Waals surface area contributed by atoms with Gasteiger partial charge in [-0.25, -0.2) is 4.79 Å². The standard InChI is InChI=1S/C28H32O3/c1-27(2,3)21-14-17-23(24(18-21)28(4,5)6)25(26(29)30)31-22-15-12-20(13-16-22)19-10-8-7-9-11-19/h7-18,25H,1-6H3,(H,29,30)/t25-/m0/s1. The van der Waals surface area contributed by atoms with E-state index in [0.29, 0.717) is 11.3 Å². The summed E-state index contributed by atoms with van der Waals surface area (Å²) in [6.45, 7) is 12.8. The number of hydrogen-bond donors (Lipinski definition) is 1. The van der Waals surface area contributed by atoms with Gasteiger partial charge in [0.15, 0.2) is 0 Å². The molecule has 3 rings (SSSR count). The van der Waals surface area contributed by atoms with E-state index in [-0.39, 0.29) is 10.8 Å². The number of aliphatic carboxylic acids is 1. The number of hydrogen-bond acceptors (Lipinski definition) is 2. The van der Waals surface area contributed by atoms with Gasteiger partial charge < -0.3 is 9.84 Å². The van der Waals surface area contributed by atoms with Crippen LogP contribution >= 0.6 is 0 Å². The average molecular weight is 417 g/mol. The van der Waals surface area contributed by atoms with Crippen molar-refractivity contribution in [3.8, 4) is 16.9 Å². The molecule has 0 aliphatic heterocycles. The molecule has 0 aromatic heterocycles. The highest BCUT2D eigenvalue weighted by Gasteiger charge is 2.30. The molecule has 0 fully saturated rings. The third-order valence-corrected chi connectivity index (χ3v) is 5.45. The first-order valence-corrected chi connectivity index (χ1v) is 10.7. The summed E-state index contributed by atoms with van der Waals surface area (Å²) in [4.78, 5) is 12.2. The van der Waals surface area contributed by atoms with Crippen LogP contribution in [0.5, 0.6) is 5.75 Å². The lowest BCUT2D eigenvalue weighted by Crippen LogP contribution is -2.25. The van der Waals surface area contributed by atoms with Crippen LogP contribution in [0.15, 0.2) is 72.8 Å².